The Labute approximate surface area is 82.4 Å². The van der Waals surface area contributed by atoms with E-state index in [-0.39, 0.29) is 12.5 Å². The second-order valence-corrected chi connectivity index (χ2v) is 3.85. The molecule has 0 spiro atoms. The van der Waals surface area contributed by atoms with Gasteiger partial charge in [0.15, 0.2) is 5.82 Å². The summed E-state index contributed by atoms with van der Waals surface area (Å²) >= 11 is 0. The number of aliphatic hydroxyl groups is 2. The van der Waals surface area contributed by atoms with Gasteiger partial charge in [-0.15, -0.1) is 10.2 Å². The van der Waals surface area contributed by atoms with Crippen molar-refractivity contribution in [3.63, 3.8) is 0 Å². The Bertz CT molecular complexity index is 322. The SMILES string of the molecule is CC(O)c1nnc2n1CC(CO)CC2. The zero-order valence-corrected chi connectivity index (χ0v) is 8.22. The van der Waals surface area contributed by atoms with E-state index < -0.39 is 6.10 Å². The van der Waals surface area contributed by atoms with Gasteiger partial charge in [-0.2, -0.15) is 0 Å². The van der Waals surface area contributed by atoms with Crippen LogP contribution in [0.5, 0.6) is 0 Å². The van der Waals surface area contributed by atoms with Crippen molar-refractivity contribution < 1.29 is 10.2 Å². The highest BCUT2D eigenvalue weighted by Gasteiger charge is 2.23. The van der Waals surface area contributed by atoms with Crippen LogP contribution in [0.2, 0.25) is 0 Å². The van der Waals surface area contributed by atoms with E-state index in [0.29, 0.717) is 5.82 Å². The molecule has 0 radical (unpaired) electrons. The summed E-state index contributed by atoms with van der Waals surface area (Å²) in [5.41, 5.74) is 0. The normalized spacial score (nSPS) is 23.2. The fourth-order valence-corrected chi connectivity index (χ4v) is 1.87. The number of hydrogen-bond donors (Lipinski definition) is 2. The zero-order valence-electron chi connectivity index (χ0n) is 8.22. The fourth-order valence-electron chi connectivity index (χ4n) is 1.87. The van der Waals surface area contributed by atoms with Crippen LogP contribution in [-0.2, 0) is 13.0 Å². The predicted octanol–water partition coefficient (Wildman–Crippen LogP) is -0.114. The summed E-state index contributed by atoms with van der Waals surface area (Å²) in [5, 5.41) is 26.5. The van der Waals surface area contributed by atoms with E-state index in [1.165, 1.54) is 0 Å². The number of fused-ring (bicyclic) bond motifs is 1. The summed E-state index contributed by atoms with van der Waals surface area (Å²) in [6.07, 6.45) is 1.20. The molecule has 14 heavy (non-hydrogen) atoms. The van der Waals surface area contributed by atoms with Gasteiger partial charge < -0.3 is 14.8 Å². The van der Waals surface area contributed by atoms with E-state index in [9.17, 15) is 5.11 Å². The molecule has 0 saturated heterocycles. The average Bonchev–Trinajstić information content (AvgIpc) is 2.59. The molecule has 2 heterocycles. The van der Waals surface area contributed by atoms with E-state index in [4.69, 9.17) is 5.11 Å². The third kappa shape index (κ3) is 1.53. The minimum absolute atomic E-state index is 0.191. The quantitative estimate of drug-likeness (QED) is 0.693. The highest BCUT2D eigenvalue weighted by molar-refractivity contribution is 5.01. The summed E-state index contributed by atoms with van der Waals surface area (Å²) < 4.78 is 1.93. The molecule has 0 amide bonds. The molecule has 0 aliphatic carbocycles. The molecule has 78 valence electrons. The van der Waals surface area contributed by atoms with Crippen molar-refractivity contribution in [3.05, 3.63) is 11.6 Å². The number of rotatable bonds is 2. The van der Waals surface area contributed by atoms with Gasteiger partial charge in [-0.1, -0.05) is 0 Å². The largest absolute Gasteiger partial charge is 0.396 e. The van der Waals surface area contributed by atoms with E-state index in [0.717, 1.165) is 25.2 Å². The van der Waals surface area contributed by atoms with Crippen LogP contribution in [0.4, 0.5) is 0 Å². The van der Waals surface area contributed by atoms with Gasteiger partial charge in [0.2, 0.25) is 0 Å². The van der Waals surface area contributed by atoms with Gasteiger partial charge in [-0.05, 0) is 13.3 Å². The van der Waals surface area contributed by atoms with Crippen LogP contribution in [0.1, 0.15) is 31.1 Å². The van der Waals surface area contributed by atoms with E-state index in [1.54, 1.807) is 6.92 Å². The monoisotopic (exact) mass is 197 g/mol. The van der Waals surface area contributed by atoms with Crippen molar-refractivity contribution in [2.75, 3.05) is 6.61 Å². The molecule has 0 fully saturated rings. The summed E-state index contributed by atoms with van der Waals surface area (Å²) in [6, 6.07) is 0. The van der Waals surface area contributed by atoms with Crippen molar-refractivity contribution in [3.8, 4) is 0 Å². The zero-order chi connectivity index (χ0) is 10.1. The van der Waals surface area contributed by atoms with Gasteiger partial charge in [0.1, 0.15) is 11.9 Å². The molecule has 1 aliphatic heterocycles. The van der Waals surface area contributed by atoms with Gasteiger partial charge in [-0.3, -0.25) is 0 Å². The van der Waals surface area contributed by atoms with Crippen LogP contribution in [0, 0.1) is 5.92 Å². The van der Waals surface area contributed by atoms with Crippen molar-refractivity contribution in [2.45, 2.75) is 32.4 Å². The summed E-state index contributed by atoms with van der Waals surface area (Å²) in [6.45, 7) is 2.59. The first-order valence-electron chi connectivity index (χ1n) is 4.93. The topological polar surface area (TPSA) is 71.2 Å². The van der Waals surface area contributed by atoms with Gasteiger partial charge >= 0.3 is 0 Å². The van der Waals surface area contributed by atoms with Crippen LogP contribution >= 0.6 is 0 Å². The summed E-state index contributed by atoms with van der Waals surface area (Å²) in [4.78, 5) is 0. The van der Waals surface area contributed by atoms with Crippen LogP contribution < -0.4 is 0 Å². The number of aryl methyl sites for hydroxylation is 1. The van der Waals surface area contributed by atoms with Gasteiger partial charge in [0, 0.05) is 25.5 Å². The van der Waals surface area contributed by atoms with Crippen LogP contribution in [-0.4, -0.2) is 31.6 Å². The first-order chi connectivity index (χ1) is 6.72. The minimum Gasteiger partial charge on any atom is -0.396 e. The molecule has 0 bridgehead atoms. The lowest BCUT2D eigenvalue weighted by atomic mass is 10.0. The molecule has 2 N–H and O–H groups in total. The van der Waals surface area contributed by atoms with Crippen molar-refractivity contribution >= 4 is 0 Å². The predicted molar refractivity (Wildman–Crippen MR) is 49.6 cm³/mol. The molecule has 1 aromatic heterocycles. The number of aliphatic hydroxyl groups excluding tert-OH is 2. The molecule has 5 heteroatoms. The van der Waals surface area contributed by atoms with Gasteiger partial charge in [0.25, 0.3) is 0 Å². The standard InChI is InChI=1S/C9H15N3O2/c1-6(14)9-11-10-8-3-2-7(5-13)4-12(8)9/h6-7,13-14H,2-5H2,1H3. The van der Waals surface area contributed by atoms with Gasteiger partial charge in [-0.25, -0.2) is 0 Å². The summed E-state index contributed by atoms with van der Waals surface area (Å²) in [5.74, 6) is 1.81. The number of aromatic nitrogens is 3. The first-order valence-corrected chi connectivity index (χ1v) is 4.93. The average molecular weight is 197 g/mol. The van der Waals surface area contributed by atoms with E-state index in [1.807, 2.05) is 4.57 Å². The molecule has 2 rings (SSSR count). The Morgan fingerprint density at radius 1 is 1.57 bits per heavy atom. The van der Waals surface area contributed by atoms with Crippen molar-refractivity contribution in [1.29, 1.82) is 0 Å². The molecular weight excluding hydrogens is 182 g/mol. The Morgan fingerprint density at radius 2 is 2.36 bits per heavy atom. The Balaban J connectivity index is 2.28. The lowest BCUT2D eigenvalue weighted by molar-refractivity contribution is 0.163. The van der Waals surface area contributed by atoms with E-state index in [2.05, 4.69) is 10.2 Å². The van der Waals surface area contributed by atoms with Crippen LogP contribution in [0.25, 0.3) is 0 Å². The second-order valence-electron chi connectivity index (χ2n) is 3.85. The number of hydrogen-bond acceptors (Lipinski definition) is 4. The highest BCUT2D eigenvalue weighted by atomic mass is 16.3. The molecule has 2 atom stereocenters. The third-order valence-corrected chi connectivity index (χ3v) is 2.70. The lowest BCUT2D eigenvalue weighted by Crippen LogP contribution is -2.24. The Morgan fingerprint density at radius 3 is 3.00 bits per heavy atom. The number of nitrogens with zero attached hydrogens (tertiary/aromatic N) is 3. The fraction of sp³-hybridized carbons (Fsp3) is 0.778. The molecule has 0 saturated carbocycles. The van der Waals surface area contributed by atoms with E-state index >= 15 is 0 Å². The molecule has 2 unspecified atom stereocenters. The smallest absolute Gasteiger partial charge is 0.161 e. The first kappa shape index (κ1) is 9.61. The minimum atomic E-state index is -0.589. The maximum absolute atomic E-state index is 9.44. The molecule has 1 aromatic rings. The highest BCUT2D eigenvalue weighted by Crippen LogP contribution is 2.22. The third-order valence-electron chi connectivity index (χ3n) is 2.70. The molecular formula is C9H15N3O2. The van der Waals surface area contributed by atoms with Crippen LogP contribution in [0.3, 0.4) is 0 Å². The van der Waals surface area contributed by atoms with Crippen LogP contribution in [0.15, 0.2) is 0 Å². The Kier molecular flexibility index (Phi) is 2.52. The molecule has 0 aromatic carbocycles. The maximum Gasteiger partial charge on any atom is 0.161 e. The maximum atomic E-state index is 9.44. The molecule has 1 aliphatic rings. The Hall–Kier alpha value is -0.940. The second kappa shape index (κ2) is 3.67. The lowest BCUT2D eigenvalue weighted by Gasteiger charge is -2.22. The van der Waals surface area contributed by atoms with Gasteiger partial charge in [0.05, 0.1) is 0 Å². The summed E-state index contributed by atoms with van der Waals surface area (Å²) in [7, 11) is 0. The van der Waals surface area contributed by atoms with Crippen molar-refractivity contribution in [1.82, 2.24) is 14.8 Å². The molecule has 5 nitrogen and oxygen atoms in total. The van der Waals surface area contributed by atoms with Crippen molar-refractivity contribution in [2.24, 2.45) is 5.92 Å².